The fourth-order valence-corrected chi connectivity index (χ4v) is 2.66. The minimum absolute atomic E-state index is 0.0213. The molecule has 2 heterocycles. The molecule has 3 rings (SSSR count). The van der Waals surface area contributed by atoms with Gasteiger partial charge in [-0.05, 0) is 26.3 Å². The number of rotatable bonds is 4. The number of ether oxygens (including phenoxy) is 3. The molecule has 2 atom stereocenters. The van der Waals surface area contributed by atoms with Gasteiger partial charge in [0.25, 0.3) is 0 Å². The molecule has 0 unspecified atom stereocenters. The zero-order chi connectivity index (χ0) is 13.7. The van der Waals surface area contributed by atoms with Crippen molar-refractivity contribution in [2.45, 2.75) is 44.0 Å². The van der Waals surface area contributed by atoms with Crippen LogP contribution in [0.4, 0.5) is 0 Å². The maximum Gasteiger partial charge on any atom is 0.190 e. The van der Waals surface area contributed by atoms with E-state index >= 15 is 0 Å². The van der Waals surface area contributed by atoms with Crippen molar-refractivity contribution in [3.8, 4) is 0 Å². The van der Waals surface area contributed by atoms with Crippen molar-refractivity contribution >= 4 is 5.78 Å². The normalized spacial score (nSPS) is 35.1. The van der Waals surface area contributed by atoms with Crippen molar-refractivity contribution in [1.82, 2.24) is 0 Å². The van der Waals surface area contributed by atoms with Crippen LogP contribution in [0.5, 0.6) is 0 Å². The summed E-state index contributed by atoms with van der Waals surface area (Å²) in [5.74, 6) is 0.587. The summed E-state index contributed by atoms with van der Waals surface area (Å²) in [7, 11) is 0. The van der Waals surface area contributed by atoms with Gasteiger partial charge in [-0.3, -0.25) is 4.79 Å². The first-order chi connectivity index (χ1) is 8.97. The Kier molecular flexibility index (Phi) is 2.69. The highest BCUT2D eigenvalue weighted by Crippen LogP contribution is 2.47. The van der Waals surface area contributed by atoms with E-state index in [1.807, 2.05) is 6.08 Å². The number of ketones is 1. The van der Waals surface area contributed by atoms with Crippen LogP contribution in [0.25, 0.3) is 0 Å². The van der Waals surface area contributed by atoms with Gasteiger partial charge >= 0.3 is 0 Å². The summed E-state index contributed by atoms with van der Waals surface area (Å²) in [6.45, 7) is 7.97. The minimum Gasteiger partial charge on any atom is -0.468 e. The predicted molar refractivity (Wildman–Crippen MR) is 69.3 cm³/mol. The molecule has 0 aromatic rings. The lowest BCUT2D eigenvalue weighted by Crippen LogP contribution is -2.34. The fourth-order valence-electron chi connectivity index (χ4n) is 2.66. The second-order valence-corrected chi connectivity index (χ2v) is 5.75. The Morgan fingerprint density at radius 3 is 2.89 bits per heavy atom. The maximum atomic E-state index is 11.9. The van der Waals surface area contributed by atoms with Gasteiger partial charge in [-0.15, -0.1) is 6.58 Å². The Labute approximate surface area is 112 Å². The molecule has 0 spiro atoms. The Hall–Kier alpha value is -1.39. The molecule has 4 nitrogen and oxygen atoms in total. The summed E-state index contributed by atoms with van der Waals surface area (Å²) in [6.07, 6.45) is 6.51. The topological polar surface area (TPSA) is 48.1 Å². The summed E-state index contributed by atoms with van der Waals surface area (Å²) >= 11 is 0. The number of hydrogen-bond donors (Lipinski definition) is 0. The second kappa shape index (κ2) is 4.05. The van der Waals surface area contributed by atoms with Crippen LogP contribution in [-0.2, 0) is 19.0 Å². The number of epoxide rings is 1. The van der Waals surface area contributed by atoms with Crippen LogP contribution in [0.3, 0.4) is 0 Å². The average molecular weight is 262 g/mol. The van der Waals surface area contributed by atoms with Crippen LogP contribution < -0.4 is 0 Å². The van der Waals surface area contributed by atoms with Gasteiger partial charge in [0.15, 0.2) is 18.2 Å². The number of carbonyl (C=O) groups excluding carboxylic acids is 1. The van der Waals surface area contributed by atoms with Gasteiger partial charge < -0.3 is 14.2 Å². The van der Waals surface area contributed by atoms with Crippen molar-refractivity contribution in [2.24, 2.45) is 0 Å². The monoisotopic (exact) mass is 262 g/mol. The Balaban J connectivity index is 1.89. The van der Waals surface area contributed by atoms with Crippen LogP contribution in [0.1, 0.15) is 26.7 Å². The zero-order valence-corrected chi connectivity index (χ0v) is 11.3. The smallest absolute Gasteiger partial charge is 0.190 e. The molecule has 4 heteroatoms. The molecule has 0 N–H and O–H groups in total. The largest absolute Gasteiger partial charge is 0.468 e. The highest BCUT2D eigenvalue weighted by Gasteiger charge is 2.55. The summed E-state index contributed by atoms with van der Waals surface area (Å²) in [5.41, 5.74) is -0.0348. The average Bonchev–Trinajstić information content (AvgIpc) is 2.74. The molecule has 0 aromatic carbocycles. The SMILES string of the molecule is C=CCC1=C[C@@]2(C[C@H]3OC3(C)C)OCOC2=CC1=O. The van der Waals surface area contributed by atoms with Crippen molar-refractivity contribution in [3.63, 3.8) is 0 Å². The third-order valence-corrected chi connectivity index (χ3v) is 3.95. The molecular formula is C15H18O4. The summed E-state index contributed by atoms with van der Waals surface area (Å²) < 4.78 is 16.9. The highest BCUT2D eigenvalue weighted by molar-refractivity contribution is 6.06. The van der Waals surface area contributed by atoms with E-state index < -0.39 is 5.60 Å². The Morgan fingerprint density at radius 2 is 2.26 bits per heavy atom. The molecule has 0 saturated carbocycles. The third-order valence-electron chi connectivity index (χ3n) is 3.95. The van der Waals surface area contributed by atoms with E-state index in [-0.39, 0.29) is 24.3 Å². The van der Waals surface area contributed by atoms with Crippen molar-refractivity contribution in [3.05, 3.63) is 36.1 Å². The van der Waals surface area contributed by atoms with Gasteiger partial charge in [-0.25, -0.2) is 0 Å². The lowest BCUT2D eigenvalue weighted by Gasteiger charge is -2.27. The zero-order valence-electron chi connectivity index (χ0n) is 11.3. The molecule has 19 heavy (non-hydrogen) atoms. The summed E-state index contributed by atoms with van der Waals surface area (Å²) in [6, 6.07) is 0. The first-order valence-corrected chi connectivity index (χ1v) is 6.50. The van der Waals surface area contributed by atoms with Gasteiger partial charge in [0.2, 0.25) is 0 Å². The van der Waals surface area contributed by atoms with E-state index in [0.29, 0.717) is 24.2 Å². The number of allylic oxidation sites excluding steroid dienone is 3. The van der Waals surface area contributed by atoms with Gasteiger partial charge in [0, 0.05) is 18.1 Å². The van der Waals surface area contributed by atoms with E-state index in [4.69, 9.17) is 14.2 Å². The molecule has 1 aliphatic carbocycles. The van der Waals surface area contributed by atoms with Crippen LogP contribution in [0, 0.1) is 0 Å². The maximum absolute atomic E-state index is 11.9. The standard InChI is InChI=1S/C15H18O4/c1-4-5-10-7-15(8-13-14(2,3)19-13)12(6-11(10)16)17-9-18-15/h4,6-7,13H,1,5,8-9H2,2-3H3/t13-,15+/m1/s1. The van der Waals surface area contributed by atoms with Gasteiger partial charge in [0.05, 0.1) is 11.7 Å². The van der Waals surface area contributed by atoms with Crippen molar-refractivity contribution in [1.29, 1.82) is 0 Å². The summed E-state index contributed by atoms with van der Waals surface area (Å²) in [5, 5.41) is 0. The third kappa shape index (κ3) is 2.05. The van der Waals surface area contributed by atoms with Crippen molar-refractivity contribution in [2.75, 3.05) is 6.79 Å². The fraction of sp³-hybridized carbons (Fsp3) is 0.533. The molecule has 3 aliphatic rings. The molecule has 0 amide bonds. The second-order valence-electron chi connectivity index (χ2n) is 5.75. The quantitative estimate of drug-likeness (QED) is 0.576. The molecule has 2 fully saturated rings. The Bertz CT molecular complexity index is 500. The molecular weight excluding hydrogens is 244 g/mol. The van der Waals surface area contributed by atoms with Crippen LogP contribution in [-0.4, -0.2) is 29.9 Å². The number of carbonyl (C=O) groups is 1. The van der Waals surface area contributed by atoms with Gasteiger partial charge in [-0.1, -0.05) is 6.08 Å². The predicted octanol–water partition coefficient (Wildman–Crippen LogP) is 2.27. The number of fused-ring (bicyclic) bond motifs is 1. The van der Waals surface area contributed by atoms with Crippen molar-refractivity contribution < 1.29 is 19.0 Å². The molecule has 102 valence electrons. The van der Waals surface area contributed by atoms with Crippen LogP contribution in [0.2, 0.25) is 0 Å². The van der Waals surface area contributed by atoms with E-state index in [0.717, 1.165) is 0 Å². The van der Waals surface area contributed by atoms with Gasteiger partial charge in [0.1, 0.15) is 5.76 Å². The van der Waals surface area contributed by atoms with Gasteiger partial charge in [-0.2, -0.15) is 0 Å². The lowest BCUT2D eigenvalue weighted by atomic mass is 9.84. The molecule has 0 aromatic heterocycles. The first-order valence-electron chi connectivity index (χ1n) is 6.50. The molecule has 0 bridgehead atoms. The van der Waals surface area contributed by atoms with E-state index in [2.05, 4.69) is 20.4 Å². The van der Waals surface area contributed by atoms with Crippen LogP contribution >= 0.6 is 0 Å². The minimum atomic E-state index is -0.634. The molecule has 2 saturated heterocycles. The highest BCUT2D eigenvalue weighted by atomic mass is 16.7. The van der Waals surface area contributed by atoms with E-state index in [9.17, 15) is 4.79 Å². The molecule has 2 aliphatic heterocycles. The summed E-state index contributed by atoms with van der Waals surface area (Å²) in [4.78, 5) is 11.9. The van der Waals surface area contributed by atoms with E-state index in [1.165, 1.54) is 0 Å². The molecule has 0 radical (unpaired) electrons. The Morgan fingerprint density at radius 1 is 1.53 bits per heavy atom. The lowest BCUT2D eigenvalue weighted by molar-refractivity contribution is -0.112. The first kappa shape index (κ1) is 12.6. The van der Waals surface area contributed by atoms with Crippen LogP contribution in [0.15, 0.2) is 36.1 Å². The van der Waals surface area contributed by atoms with E-state index in [1.54, 1.807) is 12.2 Å². The number of hydrogen-bond acceptors (Lipinski definition) is 4.